The quantitative estimate of drug-likeness (QED) is 0.458. The minimum Gasteiger partial charge on any atom is -0.466 e. The van der Waals surface area contributed by atoms with Crippen LogP contribution < -0.4 is 5.32 Å². The maximum atomic E-state index is 12.5. The predicted molar refractivity (Wildman–Crippen MR) is 95.2 cm³/mol. The summed E-state index contributed by atoms with van der Waals surface area (Å²) in [4.78, 5) is 29.9. The third-order valence-corrected chi connectivity index (χ3v) is 4.31. The number of anilines is 1. The molecule has 0 unspecified atom stereocenters. The second-order valence-corrected chi connectivity index (χ2v) is 6.41. The number of rotatable bonds is 5. The summed E-state index contributed by atoms with van der Waals surface area (Å²) in [7, 11) is 0. The molecule has 1 N–H and O–H groups in total. The third kappa shape index (κ3) is 5.29. The van der Waals surface area contributed by atoms with Crippen molar-refractivity contribution >= 4 is 33.6 Å². The normalized spacial score (nSPS) is 15.4. The van der Waals surface area contributed by atoms with E-state index in [4.69, 9.17) is 4.74 Å². The van der Waals surface area contributed by atoms with Gasteiger partial charge in [-0.2, -0.15) is 5.26 Å². The summed E-state index contributed by atoms with van der Waals surface area (Å²) in [6, 6.07) is 5.44. The molecule has 1 amide bonds. The van der Waals surface area contributed by atoms with Gasteiger partial charge in [-0.25, -0.2) is 4.98 Å². The summed E-state index contributed by atoms with van der Waals surface area (Å²) in [5, 5.41) is 12.1. The van der Waals surface area contributed by atoms with Gasteiger partial charge in [0.1, 0.15) is 17.5 Å². The smallest absolute Gasteiger partial charge is 0.309 e. The van der Waals surface area contributed by atoms with Crippen molar-refractivity contribution in [3.05, 3.63) is 34.6 Å². The van der Waals surface area contributed by atoms with Crippen molar-refractivity contribution < 1.29 is 14.3 Å². The summed E-state index contributed by atoms with van der Waals surface area (Å²) in [6.45, 7) is 2.98. The average molecular weight is 407 g/mol. The van der Waals surface area contributed by atoms with Crippen LogP contribution in [0.15, 0.2) is 34.6 Å². The van der Waals surface area contributed by atoms with Crippen LogP contribution >= 0.6 is 15.9 Å². The van der Waals surface area contributed by atoms with Crippen molar-refractivity contribution in [1.29, 1.82) is 5.26 Å². The lowest BCUT2D eigenvalue weighted by Crippen LogP contribution is -2.41. The highest BCUT2D eigenvalue weighted by molar-refractivity contribution is 9.10. The Hall–Kier alpha value is -2.40. The third-order valence-electron chi connectivity index (χ3n) is 3.84. The van der Waals surface area contributed by atoms with Crippen LogP contribution in [-0.2, 0) is 14.3 Å². The molecule has 1 aromatic heterocycles. The van der Waals surface area contributed by atoms with Gasteiger partial charge in [-0.05, 0) is 47.8 Å². The monoisotopic (exact) mass is 406 g/mol. The number of nitriles is 1. The van der Waals surface area contributed by atoms with Gasteiger partial charge in [0.05, 0.1) is 12.5 Å². The highest BCUT2D eigenvalue weighted by Crippen LogP contribution is 2.20. The number of carbonyl (C=O) groups excluding carboxylic acids is 2. The molecule has 1 aliphatic rings. The van der Waals surface area contributed by atoms with Crippen LogP contribution in [-0.4, -0.2) is 41.5 Å². The summed E-state index contributed by atoms with van der Waals surface area (Å²) in [5.41, 5.74) is -0.000645. The number of carbonyl (C=O) groups is 2. The molecule has 2 heterocycles. The average Bonchev–Trinajstić information content (AvgIpc) is 2.64. The largest absolute Gasteiger partial charge is 0.466 e. The second-order valence-electron chi connectivity index (χ2n) is 5.49. The molecule has 0 spiro atoms. The molecule has 0 aliphatic carbocycles. The Labute approximate surface area is 154 Å². The van der Waals surface area contributed by atoms with Gasteiger partial charge >= 0.3 is 5.97 Å². The molecular formula is C17H19BrN4O3. The van der Waals surface area contributed by atoms with Gasteiger partial charge in [-0.1, -0.05) is 0 Å². The SMILES string of the molecule is CCOC(=O)C1CCN(C(=O)/C(C#N)=C\Nc2ccc(Br)cn2)CC1. The molecule has 1 saturated heterocycles. The van der Waals surface area contributed by atoms with Crippen LogP contribution in [0.4, 0.5) is 5.82 Å². The van der Waals surface area contributed by atoms with E-state index < -0.39 is 0 Å². The van der Waals surface area contributed by atoms with E-state index in [0.29, 0.717) is 38.4 Å². The number of aromatic nitrogens is 1. The Balaban J connectivity index is 1.94. The number of hydrogen-bond donors (Lipinski definition) is 1. The summed E-state index contributed by atoms with van der Waals surface area (Å²) in [5.74, 6) is -0.212. The first-order valence-corrected chi connectivity index (χ1v) is 8.78. The van der Waals surface area contributed by atoms with Gasteiger partial charge in [0.15, 0.2) is 0 Å². The van der Waals surface area contributed by atoms with Crippen molar-refractivity contribution in [3.63, 3.8) is 0 Å². The Morgan fingerprint density at radius 2 is 2.20 bits per heavy atom. The van der Waals surface area contributed by atoms with Crippen molar-refractivity contribution in [2.24, 2.45) is 5.92 Å². The second kappa shape index (κ2) is 9.18. The van der Waals surface area contributed by atoms with Crippen LogP contribution in [0.2, 0.25) is 0 Å². The molecule has 0 atom stereocenters. The van der Waals surface area contributed by atoms with Gasteiger partial charge < -0.3 is 15.0 Å². The van der Waals surface area contributed by atoms with Gasteiger partial charge in [0, 0.05) is 30.0 Å². The lowest BCUT2D eigenvalue weighted by molar-refractivity contribution is -0.150. The molecule has 132 valence electrons. The number of amides is 1. The predicted octanol–water partition coefficient (Wildman–Crippen LogP) is 2.47. The zero-order chi connectivity index (χ0) is 18.2. The van der Waals surface area contributed by atoms with E-state index >= 15 is 0 Å². The van der Waals surface area contributed by atoms with Crippen LogP contribution in [0, 0.1) is 17.2 Å². The van der Waals surface area contributed by atoms with E-state index in [1.54, 1.807) is 30.2 Å². The van der Waals surface area contributed by atoms with Gasteiger partial charge in [0.2, 0.25) is 0 Å². The van der Waals surface area contributed by atoms with Crippen molar-refractivity contribution in [3.8, 4) is 6.07 Å². The number of nitrogens with zero attached hydrogens (tertiary/aromatic N) is 3. The maximum Gasteiger partial charge on any atom is 0.309 e. The zero-order valence-corrected chi connectivity index (χ0v) is 15.5. The fourth-order valence-electron chi connectivity index (χ4n) is 2.50. The van der Waals surface area contributed by atoms with Crippen molar-refractivity contribution in [2.75, 3.05) is 25.0 Å². The maximum absolute atomic E-state index is 12.5. The molecule has 25 heavy (non-hydrogen) atoms. The van der Waals surface area contributed by atoms with Gasteiger partial charge in [0.25, 0.3) is 5.91 Å². The van der Waals surface area contributed by atoms with Crippen LogP contribution in [0.3, 0.4) is 0 Å². The van der Waals surface area contributed by atoms with Crippen LogP contribution in [0.5, 0.6) is 0 Å². The van der Waals surface area contributed by atoms with E-state index in [-0.39, 0.29) is 23.4 Å². The molecule has 1 aromatic rings. The molecular weight excluding hydrogens is 388 g/mol. The number of piperidine rings is 1. The number of nitrogens with one attached hydrogen (secondary N) is 1. The number of halogens is 1. The van der Waals surface area contributed by atoms with Gasteiger partial charge in [-0.15, -0.1) is 0 Å². The fraction of sp³-hybridized carbons (Fsp3) is 0.412. The Bertz CT molecular complexity index is 689. The number of esters is 1. The Morgan fingerprint density at radius 1 is 1.48 bits per heavy atom. The van der Waals surface area contributed by atoms with E-state index in [2.05, 4.69) is 26.2 Å². The van der Waals surface area contributed by atoms with Crippen molar-refractivity contribution in [2.45, 2.75) is 19.8 Å². The first-order chi connectivity index (χ1) is 12.0. The number of pyridine rings is 1. The number of likely N-dealkylation sites (tertiary alicyclic amines) is 1. The molecule has 2 rings (SSSR count). The van der Waals surface area contributed by atoms with Crippen LogP contribution in [0.1, 0.15) is 19.8 Å². The van der Waals surface area contributed by atoms with E-state index in [0.717, 1.165) is 4.47 Å². The Morgan fingerprint density at radius 3 is 2.76 bits per heavy atom. The molecule has 0 saturated carbocycles. The summed E-state index contributed by atoms with van der Waals surface area (Å²) in [6.07, 6.45) is 4.07. The minimum absolute atomic E-state index is 0.000645. The molecule has 0 bridgehead atoms. The standard InChI is InChI=1S/C17H19BrN4O3/c1-2-25-17(24)12-5-7-22(8-6-12)16(23)13(9-19)10-20-15-4-3-14(18)11-21-15/h3-4,10-12H,2,5-8H2,1H3,(H,20,21)/b13-10-. The van der Waals surface area contributed by atoms with E-state index in [1.807, 2.05) is 6.07 Å². The van der Waals surface area contributed by atoms with Gasteiger partial charge in [-0.3, -0.25) is 9.59 Å². The first-order valence-electron chi connectivity index (χ1n) is 7.99. The molecule has 8 heteroatoms. The summed E-state index contributed by atoms with van der Waals surface area (Å²) >= 11 is 3.29. The number of hydrogen-bond acceptors (Lipinski definition) is 6. The molecule has 0 aromatic carbocycles. The topological polar surface area (TPSA) is 95.3 Å². The van der Waals surface area contributed by atoms with E-state index in [9.17, 15) is 14.9 Å². The molecule has 0 radical (unpaired) electrons. The summed E-state index contributed by atoms with van der Waals surface area (Å²) < 4.78 is 5.85. The highest BCUT2D eigenvalue weighted by Gasteiger charge is 2.29. The van der Waals surface area contributed by atoms with Crippen LogP contribution in [0.25, 0.3) is 0 Å². The lowest BCUT2D eigenvalue weighted by atomic mass is 9.96. The Kier molecular flexibility index (Phi) is 6.95. The fourth-order valence-corrected chi connectivity index (χ4v) is 2.73. The molecule has 1 fully saturated rings. The molecule has 7 nitrogen and oxygen atoms in total. The molecule has 1 aliphatic heterocycles. The van der Waals surface area contributed by atoms with E-state index in [1.165, 1.54) is 6.20 Å². The minimum atomic E-state index is -0.352. The highest BCUT2D eigenvalue weighted by atomic mass is 79.9. The first kappa shape index (κ1) is 18.9. The zero-order valence-electron chi connectivity index (χ0n) is 13.9. The van der Waals surface area contributed by atoms with Crippen molar-refractivity contribution in [1.82, 2.24) is 9.88 Å². The lowest BCUT2D eigenvalue weighted by Gasteiger charge is -2.30. The number of ether oxygens (including phenoxy) is 1.